The van der Waals surface area contributed by atoms with E-state index < -0.39 is 0 Å². The SMILES string of the molecule is [B]c1ccc(C(=O)N2C[C@@H]3CC2CO3)cc1OC. The number of benzene rings is 1. The molecule has 1 aromatic rings. The third-order valence-corrected chi connectivity index (χ3v) is 3.64. The molecule has 0 aromatic heterocycles. The van der Waals surface area contributed by atoms with Crippen molar-refractivity contribution in [3.8, 4) is 5.75 Å². The minimum absolute atomic E-state index is 0.0316. The number of fused-ring (bicyclic) bond motifs is 2. The Labute approximate surface area is 107 Å². The summed E-state index contributed by atoms with van der Waals surface area (Å²) in [6, 6.07) is 5.38. The highest BCUT2D eigenvalue weighted by Gasteiger charge is 2.41. The zero-order valence-corrected chi connectivity index (χ0v) is 10.3. The maximum absolute atomic E-state index is 12.4. The second kappa shape index (κ2) is 4.32. The Bertz CT molecular complexity index is 491. The predicted octanol–water partition coefficient (Wildman–Crippen LogP) is 0.102. The normalized spacial score (nSPS) is 25.5. The molecular formula is C13H14BNO3. The van der Waals surface area contributed by atoms with Gasteiger partial charge in [-0.25, -0.2) is 0 Å². The minimum atomic E-state index is 0.0316. The van der Waals surface area contributed by atoms with Crippen molar-refractivity contribution in [2.75, 3.05) is 20.3 Å². The van der Waals surface area contributed by atoms with Gasteiger partial charge in [-0.1, -0.05) is 11.5 Å². The first-order valence-corrected chi connectivity index (χ1v) is 6.05. The maximum Gasteiger partial charge on any atom is 0.254 e. The van der Waals surface area contributed by atoms with Gasteiger partial charge in [-0.15, -0.1) is 0 Å². The van der Waals surface area contributed by atoms with Gasteiger partial charge in [0.1, 0.15) is 13.6 Å². The summed E-state index contributed by atoms with van der Waals surface area (Å²) >= 11 is 0. The number of hydrogen-bond donors (Lipinski definition) is 0. The molecule has 18 heavy (non-hydrogen) atoms. The van der Waals surface area contributed by atoms with Crippen LogP contribution in [-0.2, 0) is 4.74 Å². The first-order chi connectivity index (χ1) is 8.69. The zero-order chi connectivity index (χ0) is 12.7. The lowest BCUT2D eigenvalue weighted by molar-refractivity contribution is 0.0259. The summed E-state index contributed by atoms with van der Waals surface area (Å²) in [5.74, 6) is 0.575. The summed E-state index contributed by atoms with van der Waals surface area (Å²) in [5.41, 5.74) is 1.16. The van der Waals surface area contributed by atoms with Gasteiger partial charge in [0.25, 0.3) is 5.91 Å². The summed E-state index contributed by atoms with van der Waals surface area (Å²) in [7, 11) is 7.29. The monoisotopic (exact) mass is 243 g/mol. The number of nitrogens with zero attached hydrogens (tertiary/aromatic N) is 1. The number of ether oxygens (including phenoxy) is 2. The molecule has 0 aliphatic carbocycles. The molecule has 2 radical (unpaired) electrons. The summed E-state index contributed by atoms with van der Waals surface area (Å²) in [4.78, 5) is 14.3. The number of morpholine rings is 1. The van der Waals surface area contributed by atoms with Crippen molar-refractivity contribution in [2.24, 2.45) is 0 Å². The van der Waals surface area contributed by atoms with Gasteiger partial charge in [0.15, 0.2) is 0 Å². The Balaban J connectivity index is 1.84. The van der Waals surface area contributed by atoms with E-state index in [1.165, 1.54) is 0 Å². The molecule has 3 rings (SSSR count). The number of methoxy groups -OCH3 is 1. The van der Waals surface area contributed by atoms with Crippen molar-refractivity contribution in [1.29, 1.82) is 0 Å². The van der Waals surface area contributed by atoms with Crippen LogP contribution >= 0.6 is 0 Å². The van der Waals surface area contributed by atoms with Crippen molar-refractivity contribution in [3.05, 3.63) is 23.8 Å². The highest BCUT2D eigenvalue weighted by Crippen LogP contribution is 2.29. The van der Waals surface area contributed by atoms with Gasteiger partial charge in [-0.05, 0) is 18.6 Å². The topological polar surface area (TPSA) is 38.8 Å². The Morgan fingerprint density at radius 2 is 2.39 bits per heavy atom. The molecule has 2 fully saturated rings. The smallest absolute Gasteiger partial charge is 0.254 e. The van der Waals surface area contributed by atoms with E-state index >= 15 is 0 Å². The lowest BCUT2D eigenvalue weighted by Gasteiger charge is -2.27. The number of amides is 1. The number of carbonyl (C=O) groups excluding carboxylic acids is 1. The summed E-state index contributed by atoms with van der Waals surface area (Å²) in [6.07, 6.45) is 1.17. The summed E-state index contributed by atoms with van der Waals surface area (Å²) < 4.78 is 10.6. The van der Waals surface area contributed by atoms with Crippen molar-refractivity contribution < 1.29 is 14.3 Å². The fraction of sp³-hybridized carbons (Fsp3) is 0.462. The van der Waals surface area contributed by atoms with Crippen LogP contribution in [0.5, 0.6) is 5.75 Å². The van der Waals surface area contributed by atoms with Crippen molar-refractivity contribution in [1.82, 2.24) is 4.90 Å². The highest BCUT2D eigenvalue weighted by molar-refractivity contribution is 6.34. The first kappa shape index (κ1) is 11.6. The fourth-order valence-electron chi connectivity index (χ4n) is 2.66. The largest absolute Gasteiger partial charge is 0.497 e. The summed E-state index contributed by atoms with van der Waals surface area (Å²) in [6.45, 7) is 1.35. The molecule has 0 spiro atoms. The average Bonchev–Trinajstić information content (AvgIpc) is 3.00. The second-order valence-corrected chi connectivity index (χ2v) is 4.76. The predicted molar refractivity (Wildman–Crippen MR) is 67.6 cm³/mol. The second-order valence-electron chi connectivity index (χ2n) is 4.76. The lowest BCUT2D eigenvalue weighted by Crippen LogP contribution is -2.41. The van der Waals surface area contributed by atoms with Crippen LogP contribution in [0.4, 0.5) is 0 Å². The van der Waals surface area contributed by atoms with Crippen molar-refractivity contribution in [2.45, 2.75) is 18.6 Å². The van der Waals surface area contributed by atoms with Crippen LogP contribution in [0.2, 0.25) is 0 Å². The average molecular weight is 243 g/mol. The minimum Gasteiger partial charge on any atom is -0.497 e. The van der Waals surface area contributed by atoms with Crippen LogP contribution in [-0.4, -0.2) is 51.1 Å². The highest BCUT2D eigenvalue weighted by atomic mass is 16.5. The molecule has 2 atom stereocenters. The molecular weight excluding hydrogens is 229 g/mol. The molecule has 2 saturated heterocycles. The lowest BCUT2D eigenvalue weighted by atomic mass is 9.93. The molecule has 1 amide bonds. The zero-order valence-electron chi connectivity index (χ0n) is 10.3. The molecule has 0 saturated carbocycles. The third-order valence-electron chi connectivity index (χ3n) is 3.64. The standard InChI is InChI=1S/C13H14BNO3/c1-17-12-4-8(2-3-11(12)14)13(16)15-6-10-5-9(15)7-18-10/h2-4,9-10H,5-7H2,1H3/t9?,10-/m0/s1. The molecule has 2 bridgehead atoms. The molecule has 2 aliphatic rings. The van der Waals surface area contributed by atoms with Gasteiger partial charge in [0, 0.05) is 12.1 Å². The van der Waals surface area contributed by atoms with E-state index in [2.05, 4.69) is 0 Å². The van der Waals surface area contributed by atoms with Gasteiger partial charge in [-0.2, -0.15) is 0 Å². The van der Waals surface area contributed by atoms with E-state index in [-0.39, 0.29) is 18.1 Å². The van der Waals surface area contributed by atoms with Crippen LogP contribution in [0.1, 0.15) is 16.8 Å². The van der Waals surface area contributed by atoms with Gasteiger partial charge in [0.05, 0.1) is 25.9 Å². The summed E-state index contributed by atoms with van der Waals surface area (Å²) in [5, 5.41) is 0. The Hall–Kier alpha value is -1.49. The van der Waals surface area contributed by atoms with Crippen LogP contribution in [0.25, 0.3) is 0 Å². The Morgan fingerprint density at radius 3 is 3.00 bits per heavy atom. The van der Waals surface area contributed by atoms with E-state index in [1.54, 1.807) is 25.3 Å². The van der Waals surface area contributed by atoms with E-state index in [4.69, 9.17) is 17.3 Å². The molecule has 2 heterocycles. The van der Waals surface area contributed by atoms with Crippen LogP contribution in [0.3, 0.4) is 0 Å². The quantitative estimate of drug-likeness (QED) is 0.691. The molecule has 2 aliphatic heterocycles. The van der Waals surface area contributed by atoms with Gasteiger partial charge in [-0.3, -0.25) is 4.79 Å². The number of hydrogen-bond acceptors (Lipinski definition) is 3. The van der Waals surface area contributed by atoms with Crippen LogP contribution in [0, 0.1) is 0 Å². The van der Waals surface area contributed by atoms with Crippen LogP contribution < -0.4 is 10.2 Å². The van der Waals surface area contributed by atoms with E-state index in [0.29, 0.717) is 29.9 Å². The van der Waals surface area contributed by atoms with Crippen molar-refractivity contribution >= 4 is 19.2 Å². The van der Waals surface area contributed by atoms with Crippen LogP contribution in [0.15, 0.2) is 18.2 Å². The molecule has 1 unspecified atom stereocenters. The molecule has 5 heteroatoms. The Morgan fingerprint density at radius 1 is 1.56 bits per heavy atom. The fourth-order valence-corrected chi connectivity index (χ4v) is 2.66. The molecule has 92 valence electrons. The number of rotatable bonds is 2. The van der Waals surface area contributed by atoms with Gasteiger partial charge < -0.3 is 14.4 Å². The van der Waals surface area contributed by atoms with E-state index in [0.717, 1.165) is 6.42 Å². The number of carbonyl (C=O) groups is 1. The van der Waals surface area contributed by atoms with Crippen molar-refractivity contribution in [3.63, 3.8) is 0 Å². The molecule has 0 N–H and O–H groups in total. The first-order valence-electron chi connectivity index (χ1n) is 6.05. The van der Waals surface area contributed by atoms with Gasteiger partial charge >= 0.3 is 0 Å². The Kier molecular flexibility index (Phi) is 2.78. The maximum atomic E-state index is 12.4. The molecule has 4 nitrogen and oxygen atoms in total. The van der Waals surface area contributed by atoms with Gasteiger partial charge in [0.2, 0.25) is 0 Å². The third kappa shape index (κ3) is 1.79. The number of likely N-dealkylation sites (tertiary alicyclic amines) is 1. The molecule has 1 aromatic carbocycles. The van der Waals surface area contributed by atoms with E-state index in [9.17, 15) is 4.79 Å². The van der Waals surface area contributed by atoms with E-state index in [1.807, 2.05) is 4.90 Å².